The third-order valence-electron chi connectivity index (χ3n) is 3.75. The molecule has 0 bridgehead atoms. The van der Waals surface area contributed by atoms with Crippen molar-refractivity contribution in [2.45, 2.75) is 63.5 Å². The number of nitrogens with zero attached hydrogens (tertiary/aromatic N) is 1. The van der Waals surface area contributed by atoms with E-state index in [2.05, 4.69) is 22.9 Å². The summed E-state index contributed by atoms with van der Waals surface area (Å²) in [6, 6.07) is 4.39. The number of hydrogen-bond acceptors (Lipinski definition) is 5. The number of carbonyl (C=O) groups is 1. The zero-order valence-corrected chi connectivity index (χ0v) is 13.6. The van der Waals surface area contributed by atoms with E-state index in [9.17, 15) is 4.79 Å². The van der Waals surface area contributed by atoms with E-state index in [1.807, 2.05) is 26.0 Å². The molecule has 1 aromatic rings. The molecule has 1 saturated carbocycles. The standard InChI is InChI=1S/C16H24N2O2S/c1-3-14(19)5-4-12-6-7-17-16(8-12)20-15-9-13(10-15)18-11(2)21/h6-8,11,13,15,18,21H,3-5,9-10H2,1-2H3. The van der Waals surface area contributed by atoms with Crippen LogP contribution >= 0.6 is 12.6 Å². The summed E-state index contributed by atoms with van der Waals surface area (Å²) in [6.07, 6.45) is 5.93. The van der Waals surface area contributed by atoms with Gasteiger partial charge in [0, 0.05) is 36.5 Å². The molecule has 0 saturated heterocycles. The highest BCUT2D eigenvalue weighted by atomic mass is 32.1. The van der Waals surface area contributed by atoms with E-state index >= 15 is 0 Å². The molecule has 0 spiro atoms. The smallest absolute Gasteiger partial charge is 0.213 e. The lowest BCUT2D eigenvalue weighted by molar-refractivity contribution is -0.118. The Balaban J connectivity index is 1.78. The van der Waals surface area contributed by atoms with Gasteiger partial charge in [0.05, 0.1) is 0 Å². The Morgan fingerprint density at radius 3 is 3.00 bits per heavy atom. The summed E-state index contributed by atoms with van der Waals surface area (Å²) in [5.41, 5.74) is 1.11. The van der Waals surface area contributed by atoms with Gasteiger partial charge in [-0.25, -0.2) is 4.98 Å². The summed E-state index contributed by atoms with van der Waals surface area (Å²) in [4.78, 5) is 15.6. The summed E-state index contributed by atoms with van der Waals surface area (Å²) in [5.74, 6) is 0.960. The fourth-order valence-electron chi connectivity index (χ4n) is 2.44. The van der Waals surface area contributed by atoms with E-state index < -0.39 is 0 Å². The zero-order valence-electron chi connectivity index (χ0n) is 12.7. The molecule has 0 aromatic carbocycles. The summed E-state index contributed by atoms with van der Waals surface area (Å²) >= 11 is 4.32. The van der Waals surface area contributed by atoms with Crippen molar-refractivity contribution in [2.75, 3.05) is 0 Å². The fourth-order valence-corrected chi connectivity index (χ4v) is 2.65. The maximum absolute atomic E-state index is 11.4. The Bertz CT molecular complexity index is 473. The van der Waals surface area contributed by atoms with E-state index in [-0.39, 0.29) is 11.5 Å². The van der Waals surface area contributed by atoms with E-state index in [1.165, 1.54) is 0 Å². The lowest BCUT2D eigenvalue weighted by Gasteiger charge is -2.36. The van der Waals surface area contributed by atoms with Gasteiger partial charge in [0.25, 0.3) is 0 Å². The van der Waals surface area contributed by atoms with E-state index in [4.69, 9.17) is 4.74 Å². The predicted molar refractivity (Wildman–Crippen MR) is 86.9 cm³/mol. The van der Waals surface area contributed by atoms with Gasteiger partial charge in [-0.3, -0.25) is 4.79 Å². The molecule has 0 amide bonds. The van der Waals surface area contributed by atoms with Gasteiger partial charge in [-0.1, -0.05) is 6.92 Å². The van der Waals surface area contributed by atoms with Gasteiger partial charge >= 0.3 is 0 Å². The summed E-state index contributed by atoms with van der Waals surface area (Å²) in [5, 5.41) is 3.59. The lowest BCUT2D eigenvalue weighted by atomic mass is 9.89. The normalized spacial score (nSPS) is 22.4. The first-order chi connectivity index (χ1) is 10.1. The van der Waals surface area contributed by atoms with Gasteiger partial charge in [-0.2, -0.15) is 12.6 Å². The van der Waals surface area contributed by atoms with Crippen LogP contribution in [0.4, 0.5) is 0 Å². The molecule has 0 radical (unpaired) electrons. The van der Waals surface area contributed by atoms with Crippen molar-refractivity contribution >= 4 is 18.4 Å². The summed E-state index contributed by atoms with van der Waals surface area (Å²) in [6.45, 7) is 3.93. The van der Waals surface area contributed by atoms with Crippen molar-refractivity contribution < 1.29 is 9.53 Å². The predicted octanol–water partition coefficient (Wildman–Crippen LogP) is 2.77. The molecule has 4 nitrogen and oxygen atoms in total. The van der Waals surface area contributed by atoms with Crippen LogP contribution in [0.5, 0.6) is 5.88 Å². The molecule has 1 aromatic heterocycles. The van der Waals surface area contributed by atoms with Crippen molar-refractivity contribution in [3.63, 3.8) is 0 Å². The molecular weight excluding hydrogens is 284 g/mol. The molecule has 1 atom stereocenters. The SMILES string of the molecule is CCC(=O)CCc1ccnc(OC2CC(NC(C)S)C2)c1. The molecule has 1 N–H and O–H groups in total. The highest BCUT2D eigenvalue weighted by Crippen LogP contribution is 2.26. The number of hydrogen-bond donors (Lipinski definition) is 2. The van der Waals surface area contributed by atoms with Crippen molar-refractivity contribution in [3.05, 3.63) is 23.9 Å². The Morgan fingerprint density at radius 2 is 2.33 bits per heavy atom. The summed E-state index contributed by atoms with van der Waals surface area (Å²) < 4.78 is 5.87. The van der Waals surface area contributed by atoms with E-state index in [0.717, 1.165) is 24.8 Å². The number of ketones is 1. The van der Waals surface area contributed by atoms with Gasteiger partial charge < -0.3 is 10.1 Å². The Morgan fingerprint density at radius 1 is 1.57 bits per heavy atom. The number of aryl methyl sites for hydroxylation is 1. The minimum atomic E-state index is 0.216. The topological polar surface area (TPSA) is 51.2 Å². The molecule has 1 fully saturated rings. The maximum Gasteiger partial charge on any atom is 0.213 e. The molecule has 1 unspecified atom stereocenters. The van der Waals surface area contributed by atoms with E-state index in [1.54, 1.807) is 6.20 Å². The van der Waals surface area contributed by atoms with Crippen LogP contribution in [0.2, 0.25) is 0 Å². The third-order valence-corrected chi connectivity index (χ3v) is 3.89. The van der Waals surface area contributed by atoms with Gasteiger partial charge in [-0.05, 0) is 37.8 Å². The molecule has 1 aliphatic rings. The average molecular weight is 308 g/mol. The molecule has 116 valence electrons. The Labute approximate surface area is 132 Å². The van der Waals surface area contributed by atoms with Crippen LogP contribution in [-0.2, 0) is 11.2 Å². The third kappa shape index (κ3) is 5.32. The summed E-state index contributed by atoms with van der Waals surface area (Å²) in [7, 11) is 0. The monoisotopic (exact) mass is 308 g/mol. The largest absolute Gasteiger partial charge is 0.474 e. The number of nitrogens with one attached hydrogen (secondary N) is 1. The quantitative estimate of drug-likeness (QED) is 0.573. The van der Waals surface area contributed by atoms with Crippen molar-refractivity contribution in [3.8, 4) is 5.88 Å². The van der Waals surface area contributed by atoms with Crippen molar-refractivity contribution in [1.82, 2.24) is 10.3 Å². The Hall–Kier alpha value is -1.07. The van der Waals surface area contributed by atoms with Crippen LogP contribution in [0, 0.1) is 0 Å². The first-order valence-electron chi connectivity index (χ1n) is 7.64. The molecule has 2 rings (SSSR count). The molecule has 21 heavy (non-hydrogen) atoms. The zero-order chi connectivity index (χ0) is 15.2. The number of pyridine rings is 1. The van der Waals surface area contributed by atoms with Crippen LogP contribution in [0.3, 0.4) is 0 Å². The average Bonchev–Trinajstić information content (AvgIpc) is 2.42. The van der Waals surface area contributed by atoms with Crippen LogP contribution in [0.25, 0.3) is 0 Å². The van der Waals surface area contributed by atoms with Gasteiger partial charge in [-0.15, -0.1) is 0 Å². The number of carbonyl (C=O) groups excluding carboxylic acids is 1. The molecule has 1 aliphatic carbocycles. The second-order valence-corrected chi connectivity index (χ2v) is 6.42. The van der Waals surface area contributed by atoms with Crippen LogP contribution in [0.1, 0.15) is 45.1 Å². The number of ether oxygens (including phenoxy) is 1. The molecule has 1 heterocycles. The van der Waals surface area contributed by atoms with Crippen LogP contribution in [0.15, 0.2) is 18.3 Å². The number of thiol groups is 1. The van der Waals surface area contributed by atoms with Gasteiger partial charge in [0.1, 0.15) is 11.9 Å². The number of rotatable bonds is 8. The number of Topliss-reactive ketones (excluding diaryl/α,β-unsaturated/α-hetero) is 1. The minimum absolute atomic E-state index is 0.216. The minimum Gasteiger partial charge on any atom is -0.474 e. The maximum atomic E-state index is 11.4. The molecule has 0 aliphatic heterocycles. The van der Waals surface area contributed by atoms with Gasteiger partial charge in [0.2, 0.25) is 5.88 Å². The van der Waals surface area contributed by atoms with Gasteiger partial charge in [0.15, 0.2) is 0 Å². The first-order valence-corrected chi connectivity index (χ1v) is 8.16. The van der Waals surface area contributed by atoms with E-state index in [0.29, 0.717) is 30.5 Å². The van der Waals surface area contributed by atoms with Crippen molar-refractivity contribution in [2.24, 2.45) is 0 Å². The lowest BCUT2D eigenvalue weighted by Crippen LogP contribution is -2.48. The highest BCUT2D eigenvalue weighted by Gasteiger charge is 2.31. The van der Waals surface area contributed by atoms with Crippen molar-refractivity contribution in [1.29, 1.82) is 0 Å². The van der Waals surface area contributed by atoms with Crippen LogP contribution in [-0.4, -0.2) is 28.3 Å². The van der Waals surface area contributed by atoms with Crippen LogP contribution < -0.4 is 10.1 Å². The highest BCUT2D eigenvalue weighted by molar-refractivity contribution is 7.80. The molecular formula is C16H24N2O2S. The second-order valence-electron chi connectivity index (χ2n) is 5.65. The molecule has 5 heteroatoms. The Kier molecular flexibility index (Phi) is 6.06. The number of aromatic nitrogens is 1. The second kappa shape index (κ2) is 7.80. The fraction of sp³-hybridized carbons (Fsp3) is 0.625. The first kappa shape index (κ1) is 16.3.